The number of hydrogen-bond donors (Lipinski definition) is 3. The first-order chi connectivity index (χ1) is 17.6. The molecule has 0 saturated heterocycles. The predicted molar refractivity (Wildman–Crippen MR) is 135 cm³/mol. The van der Waals surface area contributed by atoms with E-state index in [1.807, 2.05) is 39.8 Å². The number of aromatic nitrogens is 1. The van der Waals surface area contributed by atoms with E-state index in [0.29, 0.717) is 12.1 Å². The minimum atomic E-state index is -1.28. The summed E-state index contributed by atoms with van der Waals surface area (Å²) in [6.45, 7) is 7.82. The molecule has 1 aromatic heterocycles. The molecule has 37 heavy (non-hydrogen) atoms. The lowest BCUT2D eigenvalue weighted by atomic mass is 9.46. The molecular weight excluding hydrogens is 474 g/mol. The molecule has 3 aliphatic carbocycles. The predicted octanol–water partition coefficient (Wildman–Crippen LogP) is 3.27. The highest BCUT2D eigenvalue weighted by Gasteiger charge is 2.71. The topological polar surface area (TPSA) is 118 Å². The second kappa shape index (κ2) is 9.71. The van der Waals surface area contributed by atoms with Crippen molar-refractivity contribution in [2.75, 3.05) is 7.11 Å². The molecule has 4 aliphatic rings. The summed E-state index contributed by atoms with van der Waals surface area (Å²) in [4.78, 5) is 28.6. The molecule has 1 aliphatic heterocycles. The van der Waals surface area contributed by atoms with Crippen molar-refractivity contribution in [1.29, 1.82) is 0 Å². The van der Waals surface area contributed by atoms with Gasteiger partial charge in [-0.25, -0.2) is 9.59 Å². The minimum absolute atomic E-state index is 0.0659. The molecule has 5 rings (SSSR count). The van der Waals surface area contributed by atoms with Gasteiger partial charge in [0.1, 0.15) is 17.9 Å². The number of carbonyl (C=O) groups excluding carboxylic acids is 2. The number of aliphatic hydroxyl groups excluding tert-OH is 1. The lowest BCUT2D eigenvalue weighted by molar-refractivity contribution is -0.184. The zero-order valence-corrected chi connectivity index (χ0v) is 22.2. The Balaban J connectivity index is 1.51. The van der Waals surface area contributed by atoms with Crippen molar-refractivity contribution in [2.45, 2.75) is 70.6 Å². The van der Waals surface area contributed by atoms with Gasteiger partial charge in [0.25, 0.3) is 0 Å². The summed E-state index contributed by atoms with van der Waals surface area (Å²) in [7, 11) is 1.49. The number of hydrogen-bond acceptors (Lipinski definition) is 7. The number of allylic oxidation sites excluding steroid dienone is 1. The Bertz CT molecular complexity index is 1080. The Morgan fingerprint density at radius 3 is 2.68 bits per heavy atom. The van der Waals surface area contributed by atoms with Gasteiger partial charge in [-0.1, -0.05) is 39.0 Å². The van der Waals surface area contributed by atoms with Gasteiger partial charge in [-0.2, -0.15) is 0 Å². The van der Waals surface area contributed by atoms with Crippen LogP contribution < -0.4 is 0 Å². The summed E-state index contributed by atoms with van der Waals surface area (Å²) in [6.07, 6.45) is 6.38. The van der Waals surface area contributed by atoms with E-state index in [-0.39, 0.29) is 48.0 Å². The van der Waals surface area contributed by atoms with Crippen molar-refractivity contribution in [1.82, 2.24) is 4.98 Å². The number of H-pyrrole nitrogens is 1. The lowest BCUT2D eigenvalue weighted by Crippen LogP contribution is -2.65. The molecule has 0 bridgehead atoms. The average Bonchev–Trinajstić information content (AvgIpc) is 3.46. The number of aliphatic hydroxyl groups is 2. The monoisotopic (exact) mass is 513 g/mol. The third-order valence-electron chi connectivity index (χ3n) is 9.67. The van der Waals surface area contributed by atoms with Gasteiger partial charge in [0.15, 0.2) is 6.10 Å². The number of nitrogens with one attached hydrogen (secondary N) is 1. The maximum absolute atomic E-state index is 13.0. The molecular formula is C29H39NO7. The van der Waals surface area contributed by atoms with Gasteiger partial charge in [-0.3, -0.25) is 0 Å². The van der Waals surface area contributed by atoms with E-state index in [1.165, 1.54) is 7.11 Å². The van der Waals surface area contributed by atoms with Crippen molar-refractivity contribution in [3.05, 3.63) is 47.8 Å². The Labute approximate surface area is 218 Å². The number of rotatable bonds is 4. The fourth-order valence-corrected chi connectivity index (χ4v) is 7.70. The Hall–Kier alpha value is -2.42. The zero-order valence-electron chi connectivity index (χ0n) is 22.2. The van der Waals surface area contributed by atoms with Crippen LogP contribution in [0.15, 0.2) is 42.1 Å². The van der Waals surface area contributed by atoms with Crippen LogP contribution in [-0.2, 0) is 19.0 Å². The van der Waals surface area contributed by atoms with Crippen molar-refractivity contribution < 1.29 is 34.0 Å². The minimum Gasteiger partial charge on any atom is -0.460 e. The lowest BCUT2D eigenvalue weighted by Gasteiger charge is -2.61. The Morgan fingerprint density at radius 1 is 1.27 bits per heavy atom. The summed E-state index contributed by atoms with van der Waals surface area (Å²) < 4.78 is 17.3. The molecule has 0 aromatic carbocycles. The van der Waals surface area contributed by atoms with Crippen LogP contribution in [0.1, 0.15) is 51.0 Å². The molecule has 1 unspecified atom stereocenters. The number of cyclic esters (lactones) is 1. The second-order valence-corrected chi connectivity index (χ2v) is 11.4. The highest BCUT2D eigenvalue weighted by Crippen LogP contribution is 2.66. The van der Waals surface area contributed by atoms with Crippen LogP contribution in [-0.4, -0.2) is 64.3 Å². The van der Waals surface area contributed by atoms with E-state index in [2.05, 4.69) is 11.1 Å². The van der Waals surface area contributed by atoms with Crippen LogP contribution in [0.4, 0.5) is 0 Å². The number of methoxy groups -OCH3 is 1. The van der Waals surface area contributed by atoms with Crippen molar-refractivity contribution >= 4 is 11.9 Å². The van der Waals surface area contributed by atoms with Crippen LogP contribution in [0.2, 0.25) is 0 Å². The van der Waals surface area contributed by atoms with E-state index in [0.717, 1.165) is 5.57 Å². The first-order valence-corrected chi connectivity index (χ1v) is 13.5. The zero-order chi connectivity index (χ0) is 26.6. The van der Waals surface area contributed by atoms with Crippen molar-refractivity contribution in [3.8, 4) is 0 Å². The van der Waals surface area contributed by atoms with E-state index >= 15 is 0 Å². The normalized spacial score (nSPS) is 46.4. The van der Waals surface area contributed by atoms with Crippen molar-refractivity contribution in [3.63, 3.8) is 0 Å². The molecule has 1 aromatic rings. The molecule has 0 spiro atoms. The highest BCUT2D eigenvalue weighted by molar-refractivity contribution is 5.87. The molecule has 2 saturated carbocycles. The molecule has 12 atom stereocenters. The maximum Gasteiger partial charge on any atom is 0.355 e. The van der Waals surface area contributed by atoms with Gasteiger partial charge < -0.3 is 29.4 Å². The SMILES string of the molecule is CC[C@H]1OC(=O)[C@@H](OC)C[C@H]2C=C[C@H]3[C@H]4C([C@H]3[C@]2(O)/C(C)=C/[C@H]1C)[C@H](O)[C@@H](C)[C@H]4OC(=O)c1ccc[nH]1. The highest BCUT2D eigenvalue weighted by atomic mass is 16.6. The Kier molecular flexibility index (Phi) is 6.88. The van der Waals surface area contributed by atoms with Gasteiger partial charge in [-0.15, -0.1) is 0 Å². The van der Waals surface area contributed by atoms with Crippen LogP contribution in [0.5, 0.6) is 0 Å². The van der Waals surface area contributed by atoms with E-state index in [4.69, 9.17) is 14.2 Å². The number of ether oxygens (including phenoxy) is 3. The smallest absolute Gasteiger partial charge is 0.355 e. The van der Waals surface area contributed by atoms with Crippen LogP contribution >= 0.6 is 0 Å². The average molecular weight is 514 g/mol. The molecule has 2 fully saturated rings. The first-order valence-electron chi connectivity index (χ1n) is 13.5. The van der Waals surface area contributed by atoms with Crippen LogP contribution in [0.3, 0.4) is 0 Å². The summed E-state index contributed by atoms with van der Waals surface area (Å²) >= 11 is 0. The molecule has 2 heterocycles. The molecule has 8 nitrogen and oxygen atoms in total. The van der Waals surface area contributed by atoms with Gasteiger partial charge in [0, 0.05) is 42.9 Å². The van der Waals surface area contributed by atoms with E-state index in [1.54, 1.807) is 18.3 Å². The maximum atomic E-state index is 13.0. The molecule has 0 radical (unpaired) electrons. The number of carbonyl (C=O) groups is 2. The van der Waals surface area contributed by atoms with E-state index < -0.39 is 41.8 Å². The third kappa shape index (κ3) is 3.99. The van der Waals surface area contributed by atoms with Crippen molar-refractivity contribution in [2.24, 2.45) is 41.4 Å². The van der Waals surface area contributed by atoms with Crippen LogP contribution in [0.25, 0.3) is 0 Å². The summed E-state index contributed by atoms with van der Waals surface area (Å²) in [5.74, 6) is -2.29. The fraction of sp³-hybridized carbons (Fsp3) is 0.655. The standard InChI is InChI=1S/C29H39NO7/c1-6-20-14(2)12-15(3)29(34)17(13-21(35-5)28(33)36-20)9-10-18-22-23(24(18)29)25(31)16(4)26(22)37-27(32)19-8-7-11-30-19/h7-12,14,16-18,20-26,30-31,34H,6,13H2,1-5H3/b15-12+/t14-,16-,17-,18+,20-,21+,22+,23?,24+,25-,26-,29+/m1/s1. The molecule has 3 N–H and O–H groups in total. The summed E-state index contributed by atoms with van der Waals surface area (Å²) in [5.41, 5.74) is -0.0803. The second-order valence-electron chi connectivity index (χ2n) is 11.4. The van der Waals surface area contributed by atoms with Gasteiger partial charge >= 0.3 is 11.9 Å². The largest absolute Gasteiger partial charge is 0.460 e. The molecule has 8 heteroatoms. The van der Waals surface area contributed by atoms with Gasteiger partial charge in [-0.05, 0) is 49.3 Å². The van der Waals surface area contributed by atoms with Gasteiger partial charge in [0.05, 0.1) is 11.7 Å². The number of aromatic amines is 1. The fourth-order valence-electron chi connectivity index (χ4n) is 7.70. The third-order valence-corrected chi connectivity index (χ3v) is 9.67. The Morgan fingerprint density at radius 2 is 2.03 bits per heavy atom. The number of fused-ring (bicyclic) bond motifs is 6. The number of esters is 2. The van der Waals surface area contributed by atoms with Crippen LogP contribution in [0, 0.1) is 41.4 Å². The molecule has 0 amide bonds. The van der Waals surface area contributed by atoms with Gasteiger partial charge in [0.2, 0.25) is 0 Å². The quantitative estimate of drug-likeness (QED) is 0.418. The molecule has 202 valence electrons. The summed E-state index contributed by atoms with van der Waals surface area (Å²) in [5, 5.41) is 23.9. The van der Waals surface area contributed by atoms with E-state index in [9.17, 15) is 19.8 Å². The summed E-state index contributed by atoms with van der Waals surface area (Å²) in [6, 6.07) is 3.41. The first kappa shape index (κ1) is 26.2.